The van der Waals surface area contributed by atoms with E-state index in [0.717, 1.165) is 25.3 Å². The number of hydrogen-bond donors (Lipinski definition) is 3. The first-order valence-corrected chi connectivity index (χ1v) is 6.91. The van der Waals surface area contributed by atoms with Crippen molar-refractivity contribution in [2.24, 2.45) is 0 Å². The fraction of sp³-hybridized carbons (Fsp3) is 0.615. The number of carbonyl (C=O) groups is 2. The van der Waals surface area contributed by atoms with Gasteiger partial charge in [0.25, 0.3) is 0 Å². The third kappa shape index (κ3) is 4.37. The van der Waals surface area contributed by atoms with Crippen molar-refractivity contribution in [1.82, 2.24) is 15.1 Å². The lowest BCUT2D eigenvalue weighted by Crippen LogP contribution is -2.37. The van der Waals surface area contributed by atoms with Gasteiger partial charge in [-0.25, -0.2) is 9.48 Å². The lowest BCUT2D eigenvalue weighted by atomic mass is 10.2. The predicted molar refractivity (Wildman–Crippen MR) is 78.2 cm³/mol. The molecule has 3 N–H and O–H groups in total. The second-order valence-corrected chi connectivity index (χ2v) is 5.81. The first kappa shape index (κ1) is 15.1. The van der Waals surface area contributed by atoms with E-state index in [2.05, 4.69) is 21.0 Å². The van der Waals surface area contributed by atoms with Crippen molar-refractivity contribution in [3.63, 3.8) is 0 Å². The number of rotatable bonds is 3. The molecule has 0 saturated heterocycles. The number of aromatic nitrogens is 2. The lowest BCUT2D eigenvalue weighted by molar-refractivity contribution is -0.115. The summed E-state index contributed by atoms with van der Waals surface area (Å²) in [4.78, 5) is 23.3. The van der Waals surface area contributed by atoms with Crippen LogP contribution in [0.3, 0.4) is 0 Å². The summed E-state index contributed by atoms with van der Waals surface area (Å²) in [6.07, 6.45) is 1.98. The molecule has 2 amide bonds. The average molecular weight is 295 g/mol. The second-order valence-electron chi connectivity index (χ2n) is 5.81. The molecule has 1 aliphatic heterocycles. The van der Waals surface area contributed by atoms with Crippen LogP contribution in [0, 0.1) is 0 Å². The highest BCUT2D eigenvalue weighted by molar-refractivity contribution is 5.96. The Labute approximate surface area is 123 Å². The van der Waals surface area contributed by atoms with Crippen LogP contribution in [0.15, 0.2) is 6.20 Å². The maximum atomic E-state index is 11.8. The van der Waals surface area contributed by atoms with E-state index in [4.69, 9.17) is 4.74 Å². The molecule has 2 heterocycles. The van der Waals surface area contributed by atoms with Gasteiger partial charge >= 0.3 is 6.09 Å². The van der Waals surface area contributed by atoms with Crippen molar-refractivity contribution in [3.8, 4) is 0 Å². The van der Waals surface area contributed by atoms with Gasteiger partial charge < -0.3 is 20.7 Å². The number of anilines is 2. The Morgan fingerprint density at radius 1 is 1.48 bits per heavy atom. The van der Waals surface area contributed by atoms with E-state index in [1.807, 2.05) is 0 Å². The number of aryl methyl sites for hydroxylation is 1. The van der Waals surface area contributed by atoms with Crippen LogP contribution in [0.4, 0.5) is 16.3 Å². The van der Waals surface area contributed by atoms with Crippen molar-refractivity contribution in [3.05, 3.63) is 6.20 Å². The van der Waals surface area contributed by atoms with Crippen LogP contribution in [0.5, 0.6) is 0 Å². The van der Waals surface area contributed by atoms with Crippen molar-refractivity contribution in [1.29, 1.82) is 0 Å². The molecule has 1 aliphatic rings. The molecule has 0 aliphatic carbocycles. The summed E-state index contributed by atoms with van der Waals surface area (Å²) in [6.45, 7) is 6.81. The summed E-state index contributed by atoms with van der Waals surface area (Å²) in [5.41, 5.74) is 0.0289. The van der Waals surface area contributed by atoms with Crippen LogP contribution in [-0.4, -0.2) is 40.5 Å². The van der Waals surface area contributed by atoms with E-state index in [0.29, 0.717) is 5.69 Å². The molecule has 0 radical (unpaired) electrons. The number of nitrogens with zero attached hydrogens (tertiary/aromatic N) is 2. The minimum atomic E-state index is -0.618. The Balaban J connectivity index is 1.82. The predicted octanol–water partition coefficient (Wildman–Crippen LogP) is 1.16. The van der Waals surface area contributed by atoms with E-state index in [1.165, 1.54) is 0 Å². The molecule has 21 heavy (non-hydrogen) atoms. The smallest absolute Gasteiger partial charge is 0.408 e. The molecule has 8 heteroatoms. The SMILES string of the molecule is CC(C)(C)OC(=O)NCC(=O)Nc1cnn2c1NCCC2. The van der Waals surface area contributed by atoms with Crippen LogP contribution in [-0.2, 0) is 16.1 Å². The van der Waals surface area contributed by atoms with Crippen LogP contribution in [0.25, 0.3) is 0 Å². The van der Waals surface area contributed by atoms with Gasteiger partial charge in [0.05, 0.1) is 6.20 Å². The first-order chi connectivity index (χ1) is 9.85. The van der Waals surface area contributed by atoms with Gasteiger partial charge in [0.15, 0.2) is 0 Å². The van der Waals surface area contributed by atoms with E-state index < -0.39 is 11.7 Å². The second kappa shape index (κ2) is 6.02. The van der Waals surface area contributed by atoms with Crippen LogP contribution in [0.2, 0.25) is 0 Å². The fourth-order valence-corrected chi connectivity index (χ4v) is 1.93. The summed E-state index contributed by atoms with van der Waals surface area (Å²) >= 11 is 0. The zero-order valence-corrected chi connectivity index (χ0v) is 12.5. The number of ether oxygens (including phenoxy) is 1. The summed E-state index contributed by atoms with van der Waals surface area (Å²) in [5.74, 6) is 0.468. The molecule has 0 atom stereocenters. The van der Waals surface area contributed by atoms with Crippen LogP contribution < -0.4 is 16.0 Å². The third-order valence-corrected chi connectivity index (χ3v) is 2.74. The maximum Gasteiger partial charge on any atom is 0.408 e. The molecule has 0 aromatic carbocycles. The summed E-state index contributed by atoms with van der Waals surface area (Å²) < 4.78 is 6.86. The minimum absolute atomic E-state index is 0.153. The van der Waals surface area contributed by atoms with Crippen molar-refractivity contribution >= 4 is 23.5 Å². The summed E-state index contributed by atoms with van der Waals surface area (Å²) in [5, 5.41) is 12.5. The van der Waals surface area contributed by atoms with Gasteiger partial charge in [-0.05, 0) is 27.2 Å². The standard InChI is InChI=1S/C13H21N5O3/c1-13(2,3)21-12(20)15-8-10(19)17-9-7-16-18-6-4-5-14-11(9)18/h7,14H,4-6,8H2,1-3H3,(H,15,20)(H,17,19). The van der Waals surface area contributed by atoms with Crippen molar-refractivity contribution in [2.75, 3.05) is 23.7 Å². The topological polar surface area (TPSA) is 97.3 Å². The van der Waals surface area contributed by atoms with Gasteiger partial charge in [-0.2, -0.15) is 5.10 Å². The largest absolute Gasteiger partial charge is 0.444 e. The monoisotopic (exact) mass is 295 g/mol. The lowest BCUT2D eigenvalue weighted by Gasteiger charge is -2.19. The Kier molecular flexibility index (Phi) is 4.35. The molecule has 1 aromatic rings. The number of nitrogens with one attached hydrogen (secondary N) is 3. The van der Waals surface area contributed by atoms with Crippen molar-refractivity contribution in [2.45, 2.75) is 39.3 Å². The summed E-state index contributed by atoms with van der Waals surface area (Å²) in [6, 6.07) is 0. The number of carbonyl (C=O) groups excluding carboxylic acids is 2. The van der Waals surface area contributed by atoms with Gasteiger partial charge in [0.2, 0.25) is 5.91 Å². The molecule has 0 spiro atoms. The maximum absolute atomic E-state index is 11.8. The van der Waals surface area contributed by atoms with E-state index >= 15 is 0 Å². The van der Waals surface area contributed by atoms with Gasteiger partial charge in [-0.1, -0.05) is 0 Å². The Morgan fingerprint density at radius 2 is 2.24 bits per heavy atom. The molecule has 0 saturated carbocycles. The fourth-order valence-electron chi connectivity index (χ4n) is 1.93. The Bertz CT molecular complexity index is 532. The zero-order chi connectivity index (χ0) is 15.5. The molecule has 0 bridgehead atoms. The highest BCUT2D eigenvalue weighted by Gasteiger charge is 2.18. The van der Waals surface area contributed by atoms with E-state index in [1.54, 1.807) is 31.6 Å². The van der Waals surface area contributed by atoms with Gasteiger partial charge in [0.1, 0.15) is 23.7 Å². The molecular weight excluding hydrogens is 274 g/mol. The molecular formula is C13H21N5O3. The Morgan fingerprint density at radius 3 is 2.95 bits per heavy atom. The number of alkyl carbamates (subject to hydrolysis) is 1. The zero-order valence-electron chi connectivity index (χ0n) is 12.5. The normalized spacial score (nSPS) is 13.9. The molecule has 0 fully saturated rings. The number of amides is 2. The van der Waals surface area contributed by atoms with E-state index in [-0.39, 0.29) is 12.5 Å². The molecule has 1 aromatic heterocycles. The first-order valence-electron chi connectivity index (χ1n) is 6.91. The molecule has 8 nitrogen and oxygen atoms in total. The third-order valence-electron chi connectivity index (χ3n) is 2.74. The quantitative estimate of drug-likeness (QED) is 0.777. The average Bonchev–Trinajstić information content (AvgIpc) is 2.78. The highest BCUT2D eigenvalue weighted by atomic mass is 16.6. The van der Waals surface area contributed by atoms with Gasteiger partial charge in [-0.15, -0.1) is 0 Å². The molecule has 2 rings (SSSR count). The van der Waals surface area contributed by atoms with E-state index in [9.17, 15) is 9.59 Å². The highest BCUT2D eigenvalue weighted by Crippen LogP contribution is 2.23. The number of fused-ring (bicyclic) bond motifs is 1. The van der Waals surface area contributed by atoms with Crippen LogP contribution in [0.1, 0.15) is 27.2 Å². The Hall–Kier alpha value is -2.25. The number of hydrogen-bond acceptors (Lipinski definition) is 5. The summed E-state index contributed by atoms with van der Waals surface area (Å²) in [7, 11) is 0. The van der Waals surface area contributed by atoms with Gasteiger partial charge in [0, 0.05) is 13.1 Å². The minimum Gasteiger partial charge on any atom is -0.444 e. The van der Waals surface area contributed by atoms with Crippen molar-refractivity contribution < 1.29 is 14.3 Å². The molecule has 116 valence electrons. The van der Waals surface area contributed by atoms with Gasteiger partial charge in [-0.3, -0.25) is 4.79 Å². The molecule has 0 unspecified atom stereocenters. The van der Waals surface area contributed by atoms with Crippen LogP contribution >= 0.6 is 0 Å².